The van der Waals surface area contributed by atoms with Gasteiger partial charge >= 0.3 is 6.18 Å². The van der Waals surface area contributed by atoms with E-state index in [1.165, 1.54) is 36.4 Å². The Morgan fingerprint density at radius 3 is 2.18 bits per heavy atom. The van der Waals surface area contributed by atoms with Crippen LogP contribution in [-0.2, 0) is 31.4 Å². The van der Waals surface area contributed by atoms with Gasteiger partial charge in [0.2, 0.25) is 5.91 Å². The minimum absolute atomic E-state index is 0.00455. The zero-order chi connectivity index (χ0) is 24.3. The van der Waals surface area contributed by atoms with Crippen molar-refractivity contribution in [1.82, 2.24) is 0 Å². The smallest absolute Gasteiger partial charge is 0.361 e. The van der Waals surface area contributed by atoms with Gasteiger partial charge in [-0.15, -0.1) is 0 Å². The highest BCUT2D eigenvalue weighted by molar-refractivity contribution is 7.91. The molecule has 0 heterocycles. The van der Waals surface area contributed by atoms with Crippen LogP contribution in [0, 0.1) is 5.92 Å². The molecule has 0 bridgehead atoms. The van der Waals surface area contributed by atoms with Crippen LogP contribution in [0.25, 0.3) is 0 Å². The van der Waals surface area contributed by atoms with Gasteiger partial charge in [0, 0.05) is 12.3 Å². The first-order chi connectivity index (χ1) is 15.4. The van der Waals surface area contributed by atoms with E-state index in [0.717, 1.165) is 19.8 Å². The molecular weight excluding hydrogens is 455 g/mol. The molecule has 9 heteroatoms. The number of carbonyl (C=O) groups is 1. The molecule has 2 aromatic rings. The number of benzene rings is 2. The zero-order valence-electron chi connectivity index (χ0n) is 18.6. The fourth-order valence-corrected chi connectivity index (χ4v) is 5.10. The second-order valence-electron chi connectivity index (χ2n) is 8.55. The second-order valence-corrected chi connectivity index (χ2v) is 10.6. The molecule has 0 aliphatic heterocycles. The fourth-order valence-electron chi connectivity index (χ4n) is 3.40. The summed E-state index contributed by atoms with van der Waals surface area (Å²) in [5.41, 5.74) is -1.50. The third-order valence-electron chi connectivity index (χ3n) is 5.65. The molecule has 33 heavy (non-hydrogen) atoms. The number of nitrogens with one attached hydrogen (secondary N) is 1. The highest BCUT2D eigenvalue weighted by Crippen LogP contribution is 2.42. The van der Waals surface area contributed by atoms with Gasteiger partial charge in [0.05, 0.1) is 17.1 Å². The van der Waals surface area contributed by atoms with Crippen LogP contribution in [0.15, 0.2) is 53.4 Å². The van der Waals surface area contributed by atoms with Crippen molar-refractivity contribution in [2.45, 2.75) is 56.2 Å². The monoisotopic (exact) mass is 483 g/mol. The van der Waals surface area contributed by atoms with Gasteiger partial charge in [-0.2, -0.15) is 13.2 Å². The molecule has 0 aromatic heterocycles. The van der Waals surface area contributed by atoms with E-state index >= 15 is 0 Å². The van der Waals surface area contributed by atoms with Crippen LogP contribution >= 0.6 is 0 Å². The third kappa shape index (κ3) is 6.35. The Bertz CT molecular complexity index is 1060. The molecule has 2 aromatic carbocycles. The van der Waals surface area contributed by atoms with Crippen LogP contribution in [0.5, 0.6) is 0 Å². The number of rotatable bonds is 10. The summed E-state index contributed by atoms with van der Waals surface area (Å²) in [6.07, 6.45) is -2.25. The van der Waals surface area contributed by atoms with Gasteiger partial charge in [0.15, 0.2) is 15.4 Å². The number of hydrogen-bond donors (Lipinski definition) is 1. The van der Waals surface area contributed by atoms with E-state index in [4.69, 9.17) is 4.74 Å². The predicted octanol–water partition coefficient (Wildman–Crippen LogP) is 5.26. The number of amides is 1. The summed E-state index contributed by atoms with van der Waals surface area (Å²) in [4.78, 5) is 12.6. The number of halogens is 3. The summed E-state index contributed by atoms with van der Waals surface area (Å²) in [5.74, 6) is 0.0378. The van der Waals surface area contributed by atoms with Gasteiger partial charge in [-0.25, -0.2) is 8.42 Å². The van der Waals surface area contributed by atoms with Gasteiger partial charge < -0.3 is 10.1 Å². The zero-order valence-corrected chi connectivity index (χ0v) is 19.4. The quantitative estimate of drug-likeness (QED) is 0.501. The van der Waals surface area contributed by atoms with E-state index in [0.29, 0.717) is 17.7 Å². The van der Waals surface area contributed by atoms with Gasteiger partial charge in [-0.05, 0) is 67.5 Å². The van der Waals surface area contributed by atoms with Gasteiger partial charge in [0.25, 0.3) is 0 Å². The number of ether oxygens (including phenoxy) is 1. The molecule has 0 saturated heterocycles. The van der Waals surface area contributed by atoms with Crippen LogP contribution in [0.2, 0.25) is 0 Å². The Hall–Kier alpha value is -2.39. The fraction of sp³-hybridized carbons (Fsp3) is 0.458. The topological polar surface area (TPSA) is 72.5 Å². The third-order valence-corrected chi connectivity index (χ3v) is 7.56. The highest BCUT2D eigenvalue weighted by Gasteiger charge is 2.53. The van der Waals surface area contributed by atoms with Crippen LogP contribution in [-0.4, -0.2) is 32.9 Å². The SMILES string of the molecule is CCCOC(C)(c1ccc(NC(=O)Cc2ccc(S(=O)(=O)CC3CC3)cc2)cc1)C(F)(F)F. The van der Waals surface area contributed by atoms with E-state index in [9.17, 15) is 26.4 Å². The molecule has 180 valence electrons. The first-order valence-corrected chi connectivity index (χ1v) is 12.5. The van der Waals surface area contributed by atoms with Crippen molar-refractivity contribution in [2.75, 3.05) is 17.7 Å². The lowest BCUT2D eigenvalue weighted by atomic mass is 9.94. The summed E-state index contributed by atoms with van der Waals surface area (Å²) in [6, 6.07) is 11.6. The Morgan fingerprint density at radius 1 is 1.06 bits per heavy atom. The van der Waals surface area contributed by atoms with Gasteiger partial charge in [0.1, 0.15) is 0 Å². The molecule has 1 aliphatic rings. The number of hydrogen-bond acceptors (Lipinski definition) is 4. The van der Waals surface area contributed by atoms with Crippen molar-refractivity contribution < 1.29 is 31.1 Å². The van der Waals surface area contributed by atoms with Crippen molar-refractivity contribution in [3.05, 3.63) is 59.7 Å². The molecule has 3 rings (SSSR count). The molecule has 1 amide bonds. The van der Waals surface area contributed by atoms with Crippen LogP contribution < -0.4 is 5.32 Å². The average molecular weight is 484 g/mol. The molecule has 0 radical (unpaired) electrons. The molecule has 5 nitrogen and oxygen atoms in total. The van der Waals surface area contributed by atoms with E-state index < -0.39 is 21.6 Å². The number of alkyl halides is 3. The minimum atomic E-state index is -4.59. The Balaban J connectivity index is 1.62. The molecule has 1 N–H and O–H groups in total. The lowest BCUT2D eigenvalue weighted by molar-refractivity contribution is -0.277. The summed E-state index contributed by atoms with van der Waals surface area (Å²) < 4.78 is 70.6. The Labute approximate surface area is 192 Å². The average Bonchev–Trinajstić information content (AvgIpc) is 3.55. The maximum atomic E-state index is 13.6. The summed E-state index contributed by atoms with van der Waals surface area (Å²) >= 11 is 0. The Morgan fingerprint density at radius 2 is 1.67 bits per heavy atom. The van der Waals surface area contributed by atoms with E-state index in [-0.39, 0.29) is 41.1 Å². The van der Waals surface area contributed by atoms with Crippen molar-refractivity contribution in [1.29, 1.82) is 0 Å². The normalized spacial score (nSPS) is 16.3. The molecule has 1 fully saturated rings. The van der Waals surface area contributed by atoms with Crippen molar-refractivity contribution >= 4 is 21.4 Å². The van der Waals surface area contributed by atoms with E-state index in [1.807, 2.05) is 0 Å². The van der Waals surface area contributed by atoms with Crippen molar-refractivity contribution in [3.63, 3.8) is 0 Å². The van der Waals surface area contributed by atoms with Crippen LogP contribution in [0.1, 0.15) is 44.2 Å². The minimum Gasteiger partial charge on any atom is -0.361 e. The maximum absolute atomic E-state index is 13.6. The van der Waals surface area contributed by atoms with E-state index in [2.05, 4.69) is 5.32 Å². The van der Waals surface area contributed by atoms with Crippen LogP contribution in [0.3, 0.4) is 0 Å². The molecule has 1 saturated carbocycles. The maximum Gasteiger partial charge on any atom is 0.421 e. The lowest BCUT2D eigenvalue weighted by Gasteiger charge is -2.32. The number of anilines is 1. The second kappa shape index (κ2) is 9.85. The van der Waals surface area contributed by atoms with Gasteiger partial charge in [-0.1, -0.05) is 31.2 Å². The van der Waals surface area contributed by atoms with E-state index in [1.54, 1.807) is 19.1 Å². The number of carbonyl (C=O) groups excluding carboxylic acids is 1. The first-order valence-electron chi connectivity index (χ1n) is 10.9. The molecule has 1 aliphatic carbocycles. The lowest BCUT2D eigenvalue weighted by Crippen LogP contribution is -2.42. The predicted molar refractivity (Wildman–Crippen MR) is 120 cm³/mol. The summed E-state index contributed by atoms with van der Waals surface area (Å²) in [6.45, 7) is 2.69. The van der Waals surface area contributed by atoms with Crippen LogP contribution in [0.4, 0.5) is 18.9 Å². The largest absolute Gasteiger partial charge is 0.421 e. The van der Waals surface area contributed by atoms with Gasteiger partial charge in [-0.3, -0.25) is 4.79 Å². The standard InChI is InChI=1S/C24H28F3NO4S/c1-3-14-32-23(2,24(25,26)27)19-8-10-20(11-9-19)28-22(29)15-17-6-12-21(13-7-17)33(30,31)16-18-4-5-18/h6-13,18H,3-5,14-16H2,1-2H3,(H,28,29). The molecular formula is C24H28F3NO4S. The first kappa shape index (κ1) is 25.2. The summed E-state index contributed by atoms with van der Waals surface area (Å²) in [5, 5.41) is 2.65. The highest BCUT2D eigenvalue weighted by atomic mass is 32.2. The number of sulfone groups is 1. The molecule has 1 atom stereocenters. The molecule has 0 spiro atoms. The van der Waals surface area contributed by atoms with Crippen molar-refractivity contribution in [2.24, 2.45) is 5.92 Å². The molecule has 1 unspecified atom stereocenters. The Kier molecular flexibility index (Phi) is 7.53. The van der Waals surface area contributed by atoms with Crippen molar-refractivity contribution in [3.8, 4) is 0 Å². The summed E-state index contributed by atoms with van der Waals surface area (Å²) in [7, 11) is -3.31.